The SMILES string of the molecule is CCc1cccc(N[C@@H]2C[C@@H]3CC[C@@H]2C3)c1. The quantitative estimate of drug-likeness (QED) is 0.807. The summed E-state index contributed by atoms with van der Waals surface area (Å²) >= 11 is 0. The maximum absolute atomic E-state index is 3.75. The average Bonchev–Trinajstić information content (AvgIpc) is 2.91. The van der Waals surface area contributed by atoms with Crippen LogP contribution in [0, 0.1) is 11.8 Å². The number of aryl methyl sites for hydroxylation is 1. The Hall–Kier alpha value is -0.980. The molecule has 0 amide bonds. The Kier molecular flexibility index (Phi) is 2.62. The molecule has 0 aliphatic heterocycles. The zero-order valence-electron chi connectivity index (χ0n) is 10.1. The van der Waals surface area contributed by atoms with Crippen LogP contribution in [0.4, 0.5) is 5.69 Å². The fraction of sp³-hybridized carbons (Fsp3) is 0.600. The van der Waals surface area contributed by atoms with Crippen LogP contribution in [0.5, 0.6) is 0 Å². The lowest BCUT2D eigenvalue weighted by atomic mass is 9.95. The van der Waals surface area contributed by atoms with E-state index in [9.17, 15) is 0 Å². The molecule has 0 heterocycles. The molecule has 86 valence electrons. The van der Waals surface area contributed by atoms with Crippen molar-refractivity contribution >= 4 is 5.69 Å². The minimum absolute atomic E-state index is 0.755. The monoisotopic (exact) mass is 215 g/mol. The molecular weight excluding hydrogens is 194 g/mol. The van der Waals surface area contributed by atoms with Gasteiger partial charge < -0.3 is 5.32 Å². The van der Waals surface area contributed by atoms with Gasteiger partial charge in [-0.1, -0.05) is 25.5 Å². The number of nitrogens with one attached hydrogen (secondary N) is 1. The van der Waals surface area contributed by atoms with E-state index in [1.165, 1.54) is 36.9 Å². The average molecular weight is 215 g/mol. The number of rotatable bonds is 3. The van der Waals surface area contributed by atoms with Gasteiger partial charge in [0.05, 0.1) is 0 Å². The fourth-order valence-electron chi connectivity index (χ4n) is 3.52. The molecule has 0 unspecified atom stereocenters. The molecule has 2 aliphatic carbocycles. The summed E-state index contributed by atoms with van der Waals surface area (Å²) in [6, 6.07) is 9.67. The molecule has 0 saturated heterocycles. The van der Waals surface area contributed by atoms with E-state index >= 15 is 0 Å². The van der Waals surface area contributed by atoms with Crippen LogP contribution in [0.2, 0.25) is 0 Å². The third-order valence-corrected chi connectivity index (χ3v) is 4.43. The Morgan fingerprint density at radius 3 is 2.88 bits per heavy atom. The Bertz CT molecular complexity index is 371. The van der Waals surface area contributed by atoms with Gasteiger partial charge in [0, 0.05) is 11.7 Å². The molecule has 2 saturated carbocycles. The molecule has 1 aromatic carbocycles. The summed E-state index contributed by atoms with van der Waals surface area (Å²) in [5.74, 6) is 1.98. The molecule has 1 aromatic rings. The largest absolute Gasteiger partial charge is 0.382 e. The molecule has 2 bridgehead atoms. The van der Waals surface area contributed by atoms with E-state index in [1.807, 2.05) is 0 Å². The van der Waals surface area contributed by atoms with Crippen molar-refractivity contribution in [1.29, 1.82) is 0 Å². The smallest absolute Gasteiger partial charge is 0.0345 e. The summed E-state index contributed by atoms with van der Waals surface area (Å²) < 4.78 is 0. The number of hydrogen-bond acceptors (Lipinski definition) is 1. The molecule has 1 N–H and O–H groups in total. The number of benzene rings is 1. The van der Waals surface area contributed by atoms with Crippen LogP contribution in [0.25, 0.3) is 0 Å². The lowest BCUT2D eigenvalue weighted by Crippen LogP contribution is -2.25. The fourth-order valence-corrected chi connectivity index (χ4v) is 3.52. The van der Waals surface area contributed by atoms with E-state index in [-0.39, 0.29) is 0 Å². The van der Waals surface area contributed by atoms with Crippen molar-refractivity contribution in [2.75, 3.05) is 5.32 Å². The second kappa shape index (κ2) is 4.12. The summed E-state index contributed by atoms with van der Waals surface area (Å²) in [6.45, 7) is 2.22. The molecule has 0 spiro atoms. The van der Waals surface area contributed by atoms with Gasteiger partial charge in [-0.05, 0) is 55.2 Å². The summed E-state index contributed by atoms with van der Waals surface area (Å²) in [7, 11) is 0. The second-order valence-electron chi connectivity index (χ2n) is 5.48. The van der Waals surface area contributed by atoms with Gasteiger partial charge in [-0.25, -0.2) is 0 Å². The van der Waals surface area contributed by atoms with Crippen molar-refractivity contribution in [2.45, 2.75) is 45.1 Å². The Morgan fingerprint density at radius 1 is 1.25 bits per heavy atom. The summed E-state index contributed by atoms with van der Waals surface area (Å²) in [5, 5.41) is 3.75. The predicted molar refractivity (Wildman–Crippen MR) is 68.7 cm³/mol. The van der Waals surface area contributed by atoms with Crippen molar-refractivity contribution in [1.82, 2.24) is 0 Å². The zero-order valence-corrected chi connectivity index (χ0v) is 10.1. The number of fused-ring (bicyclic) bond motifs is 2. The predicted octanol–water partition coefficient (Wildman–Crippen LogP) is 3.85. The molecule has 2 aliphatic rings. The van der Waals surface area contributed by atoms with Gasteiger partial charge in [0.2, 0.25) is 0 Å². The third-order valence-electron chi connectivity index (χ3n) is 4.43. The van der Waals surface area contributed by atoms with E-state index < -0.39 is 0 Å². The molecule has 0 aromatic heterocycles. The van der Waals surface area contributed by atoms with Gasteiger partial charge in [-0.15, -0.1) is 0 Å². The van der Waals surface area contributed by atoms with Gasteiger partial charge in [0.25, 0.3) is 0 Å². The topological polar surface area (TPSA) is 12.0 Å². The van der Waals surface area contributed by atoms with Crippen molar-refractivity contribution < 1.29 is 0 Å². The van der Waals surface area contributed by atoms with Gasteiger partial charge in [0.15, 0.2) is 0 Å². The Labute approximate surface area is 98.3 Å². The maximum Gasteiger partial charge on any atom is 0.0345 e. The van der Waals surface area contributed by atoms with E-state index in [2.05, 4.69) is 36.5 Å². The van der Waals surface area contributed by atoms with Crippen molar-refractivity contribution in [3.63, 3.8) is 0 Å². The first-order valence-corrected chi connectivity index (χ1v) is 6.70. The van der Waals surface area contributed by atoms with Gasteiger partial charge >= 0.3 is 0 Å². The highest BCUT2D eigenvalue weighted by Gasteiger charge is 2.39. The highest BCUT2D eigenvalue weighted by molar-refractivity contribution is 5.47. The highest BCUT2D eigenvalue weighted by atomic mass is 14.9. The van der Waals surface area contributed by atoms with Crippen LogP contribution in [0.3, 0.4) is 0 Å². The van der Waals surface area contributed by atoms with Crippen LogP contribution in [0.1, 0.15) is 38.2 Å². The minimum atomic E-state index is 0.755. The molecule has 1 nitrogen and oxygen atoms in total. The van der Waals surface area contributed by atoms with Gasteiger partial charge in [0.1, 0.15) is 0 Å². The number of anilines is 1. The van der Waals surface area contributed by atoms with Crippen molar-refractivity contribution in [2.24, 2.45) is 11.8 Å². The molecule has 3 atom stereocenters. The second-order valence-corrected chi connectivity index (χ2v) is 5.48. The van der Waals surface area contributed by atoms with E-state index in [0.717, 1.165) is 24.3 Å². The normalized spacial score (nSPS) is 31.9. The van der Waals surface area contributed by atoms with Gasteiger partial charge in [-0.2, -0.15) is 0 Å². The lowest BCUT2D eigenvalue weighted by molar-refractivity contribution is 0.440. The van der Waals surface area contributed by atoms with Gasteiger partial charge in [-0.3, -0.25) is 0 Å². The molecule has 2 fully saturated rings. The van der Waals surface area contributed by atoms with Crippen LogP contribution >= 0.6 is 0 Å². The summed E-state index contributed by atoms with van der Waals surface area (Å²) in [4.78, 5) is 0. The summed E-state index contributed by atoms with van der Waals surface area (Å²) in [6.07, 6.45) is 6.95. The van der Waals surface area contributed by atoms with Crippen LogP contribution in [0.15, 0.2) is 24.3 Å². The van der Waals surface area contributed by atoms with Crippen LogP contribution in [-0.4, -0.2) is 6.04 Å². The molecule has 1 heteroatoms. The zero-order chi connectivity index (χ0) is 11.0. The lowest BCUT2D eigenvalue weighted by Gasteiger charge is -2.24. The third kappa shape index (κ3) is 1.83. The first kappa shape index (κ1) is 10.2. The first-order chi connectivity index (χ1) is 7.85. The maximum atomic E-state index is 3.75. The van der Waals surface area contributed by atoms with Crippen molar-refractivity contribution in [3.8, 4) is 0 Å². The standard InChI is InChI=1S/C15H21N/c1-2-11-4-3-5-14(9-11)16-15-10-12-6-7-13(15)8-12/h3-5,9,12-13,15-16H,2,6-8,10H2,1H3/t12-,13-,15-/m1/s1. The number of hydrogen-bond donors (Lipinski definition) is 1. The van der Waals surface area contributed by atoms with E-state index in [1.54, 1.807) is 0 Å². The minimum Gasteiger partial charge on any atom is -0.382 e. The van der Waals surface area contributed by atoms with E-state index in [4.69, 9.17) is 0 Å². The molecule has 3 rings (SSSR count). The van der Waals surface area contributed by atoms with E-state index in [0.29, 0.717) is 0 Å². The highest BCUT2D eigenvalue weighted by Crippen LogP contribution is 2.45. The molecule has 0 radical (unpaired) electrons. The van der Waals surface area contributed by atoms with Crippen LogP contribution in [-0.2, 0) is 6.42 Å². The molecular formula is C15H21N. The Balaban J connectivity index is 1.69. The molecule has 16 heavy (non-hydrogen) atoms. The summed E-state index contributed by atoms with van der Waals surface area (Å²) in [5.41, 5.74) is 2.77. The first-order valence-electron chi connectivity index (χ1n) is 6.70. The van der Waals surface area contributed by atoms with Crippen molar-refractivity contribution in [3.05, 3.63) is 29.8 Å². The van der Waals surface area contributed by atoms with Crippen LogP contribution < -0.4 is 5.32 Å². The Morgan fingerprint density at radius 2 is 2.19 bits per heavy atom.